The van der Waals surface area contributed by atoms with Gasteiger partial charge in [-0.15, -0.1) is 0 Å². The average molecular weight is 233 g/mol. The molecular formula is C14H19NO2. The lowest BCUT2D eigenvalue weighted by molar-refractivity contribution is -0.137. The highest BCUT2D eigenvalue weighted by Gasteiger charge is 2.41. The van der Waals surface area contributed by atoms with Crippen LogP contribution in [0.1, 0.15) is 37.7 Å². The van der Waals surface area contributed by atoms with E-state index in [0.29, 0.717) is 0 Å². The molecule has 3 heteroatoms. The van der Waals surface area contributed by atoms with Crippen LogP contribution in [0.5, 0.6) is 0 Å². The summed E-state index contributed by atoms with van der Waals surface area (Å²) in [6.45, 7) is 0. The molecule has 1 atom stereocenters. The van der Waals surface area contributed by atoms with Crippen molar-refractivity contribution in [2.45, 2.75) is 43.6 Å². The maximum absolute atomic E-state index is 10.9. The molecule has 0 amide bonds. The van der Waals surface area contributed by atoms with E-state index in [-0.39, 0.29) is 17.9 Å². The summed E-state index contributed by atoms with van der Waals surface area (Å²) in [4.78, 5) is 10.9. The average Bonchev–Trinajstić information content (AvgIpc) is 2.79. The third-order valence-corrected chi connectivity index (χ3v) is 3.95. The number of carboxylic acid groups (broad SMARTS) is 1. The van der Waals surface area contributed by atoms with Crippen molar-refractivity contribution in [2.75, 3.05) is 0 Å². The van der Waals surface area contributed by atoms with Gasteiger partial charge < -0.3 is 10.8 Å². The minimum Gasteiger partial charge on any atom is -0.481 e. The predicted molar refractivity (Wildman–Crippen MR) is 66.8 cm³/mol. The van der Waals surface area contributed by atoms with Crippen molar-refractivity contribution in [1.82, 2.24) is 0 Å². The Morgan fingerprint density at radius 1 is 1.29 bits per heavy atom. The molecule has 1 aromatic carbocycles. The molecule has 0 aliphatic heterocycles. The number of benzene rings is 1. The minimum absolute atomic E-state index is 0.0505. The Kier molecular flexibility index (Phi) is 3.48. The van der Waals surface area contributed by atoms with Gasteiger partial charge in [0.15, 0.2) is 0 Å². The van der Waals surface area contributed by atoms with Crippen molar-refractivity contribution in [2.24, 2.45) is 5.73 Å². The Morgan fingerprint density at radius 3 is 2.41 bits per heavy atom. The van der Waals surface area contributed by atoms with Gasteiger partial charge in [-0.1, -0.05) is 43.2 Å². The summed E-state index contributed by atoms with van der Waals surface area (Å²) in [6.07, 6.45) is 4.34. The summed E-state index contributed by atoms with van der Waals surface area (Å²) in [5.41, 5.74) is 7.24. The highest BCUT2D eigenvalue weighted by atomic mass is 16.4. The van der Waals surface area contributed by atoms with Crippen LogP contribution in [0.25, 0.3) is 0 Å². The minimum atomic E-state index is -0.806. The molecule has 92 valence electrons. The number of hydrogen-bond acceptors (Lipinski definition) is 2. The van der Waals surface area contributed by atoms with Crippen LogP contribution >= 0.6 is 0 Å². The molecule has 0 spiro atoms. The van der Waals surface area contributed by atoms with Crippen LogP contribution in [-0.4, -0.2) is 17.1 Å². The normalized spacial score (nSPS) is 20.1. The Balaban J connectivity index is 2.30. The highest BCUT2D eigenvalue weighted by molar-refractivity contribution is 5.68. The van der Waals surface area contributed by atoms with Crippen LogP contribution in [0.15, 0.2) is 30.3 Å². The van der Waals surface area contributed by atoms with E-state index in [1.54, 1.807) is 0 Å². The SMILES string of the molecule is NC(CC(=O)O)C1(c2ccccc2)CCCC1. The first-order chi connectivity index (χ1) is 8.15. The van der Waals surface area contributed by atoms with Gasteiger partial charge in [0.2, 0.25) is 0 Å². The smallest absolute Gasteiger partial charge is 0.304 e. The van der Waals surface area contributed by atoms with E-state index in [4.69, 9.17) is 10.8 Å². The zero-order valence-corrected chi connectivity index (χ0v) is 9.93. The van der Waals surface area contributed by atoms with Gasteiger partial charge >= 0.3 is 5.97 Å². The first kappa shape index (κ1) is 12.1. The Labute approximate surface area is 102 Å². The van der Waals surface area contributed by atoms with Crippen molar-refractivity contribution in [3.05, 3.63) is 35.9 Å². The summed E-state index contributed by atoms with van der Waals surface area (Å²) < 4.78 is 0. The van der Waals surface area contributed by atoms with Crippen molar-refractivity contribution in [1.29, 1.82) is 0 Å². The topological polar surface area (TPSA) is 63.3 Å². The zero-order chi connectivity index (χ0) is 12.3. The number of rotatable bonds is 4. The van der Waals surface area contributed by atoms with E-state index >= 15 is 0 Å². The van der Waals surface area contributed by atoms with Gasteiger partial charge in [0.1, 0.15) is 0 Å². The Bertz CT molecular complexity index is 382. The molecule has 0 saturated heterocycles. The van der Waals surface area contributed by atoms with Gasteiger partial charge in [-0.25, -0.2) is 0 Å². The van der Waals surface area contributed by atoms with Crippen LogP contribution in [0, 0.1) is 0 Å². The fourth-order valence-corrected chi connectivity index (χ4v) is 3.03. The summed E-state index contributed by atoms with van der Waals surface area (Å²) in [5.74, 6) is -0.806. The monoisotopic (exact) mass is 233 g/mol. The fraction of sp³-hybridized carbons (Fsp3) is 0.500. The van der Waals surface area contributed by atoms with E-state index in [1.165, 1.54) is 5.56 Å². The van der Waals surface area contributed by atoms with E-state index in [1.807, 2.05) is 18.2 Å². The van der Waals surface area contributed by atoms with E-state index in [2.05, 4.69) is 12.1 Å². The van der Waals surface area contributed by atoms with Crippen LogP contribution in [0.3, 0.4) is 0 Å². The second-order valence-electron chi connectivity index (χ2n) is 4.93. The Morgan fingerprint density at radius 2 is 1.88 bits per heavy atom. The predicted octanol–water partition coefficient (Wildman–Crippen LogP) is 2.30. The molecule has 1 aromatic rings. The van der Waals surface area contributed by atoms with Crippen molar-refractivity contribution >= 4 is 5.97 Å². The van der Waals surface area contributed by atoms with Crippen molar-refractivity contribution in [3.63, 3.8) is 0 Å². The van der Waals surface area contributed by atoms with Crippen molar-refractivity contribution in [3.8, 4) is 0 Å². The zero-order valence-electron chi connectivity index (χ0n) is 9.93. The standard InChI is InChI=1S/C14H19NO2/c15-12(10-13(16)17)14(8-4-5-9-14)11-6-2-1-3-7-11/h1-3,6-7,12H,4-5,8-10,15H2,(H,16,17). The quantitative estimate of drug-likeness (QED) is 0.838. The molecule has 17 heavy (non-hydrogen) atoms. The van der Waals surface area contributed by atoms with Gasteiger partial charge in [0.25, 0.3) is 0 Å². The van der Waals surface area contributed by atoms with Gasteiger partial charge in [0, 0.05) is 11.5 Å². The first-order valence-corrected chi connectivity index (χ1v) is 6.18. The van der Waals surface area contributed by atoms with Crippen LogP contribution in [-0.2, 0) is 10.2 Å². The molecule has 1 aliphatic carbocycles. The molecule has 1 unspecified atom stereocenters. The summed E-state index contributed by atoms with van der Waals surface area (Å²) >= 11 is 0. The molecule has 3 N–H and O–H groups in total. The molecule has 2 rings (SSSR count). The lowest BCUT2D eigenvalue weighted by Crippen LogP contribution is -2.44. The largest absolute Gasteiger partial charge is 0.481 e. The van der Waals surface area contributed by atoms with Gasteiger partial charge in [-0.05, 0) is 18.4 Å². The molecule has 3 nitrogen and oxygen atoms in total. The lowest BCUT2D eigenvalue weighted by atomic mass is 9.72. The van der Waals surface area contributed by atoms with Crippen LogP contribution < -0.4 is 5.73 Å². The molecule has 0 bridgehead atoms. The number of nitrogens with two attached hydrogens (primary N) is 1. The molecular weight excluding hydrogens is 214 g/mol. The second-order valence-corrected chi connectivity index (χ2v) is 4.93. The van der Waals surface area contributed by atoms with Gasteiger partial charge in [0.05, 0.1) is 6.42 Å². The summed E-state index contributed by atoms with van der Waals surface area (Å²) in [5, 5.41) is 8.93. The van der Waals surface area contributed by atoms with E-state index in [0.717, 1.165) is 25.7 Å². The van der Waals surface area contributed by atoms with Gasteiger partial charge in [-0.3, -0.25) is 4.79 Å². The number of aliphatic carboxylic acids is 1. The fourth-order valence-electron chi connectivity index (χ4n) is 3.03. The second kappa shape index (κ2) is 4.88. The lowest BCUT2D eigenvalue weighted by Gasteiger charge is -2.35. The first-order valence-electron chi connectivity index (χ1n) is 6.18. The third-order valence-electron chi connectivity index (χ3n) is 3.95. The van der Waals surface area contributed by atoms with Crippen LogP contribution in [0.2, 0.25) is 0 Å². The molecule has 1 fully saturated rings. The molecule has 0 radical (unpaired) electrons. The maximum atomic E-state index is 10.9. The third kappa shape index (κ3) is 2.34. The maximum Gasteiger partial charge on any atom is 0.304 e. The number of carboxylic acids is 1. The van der Waals surface area contributed by atoms with Crippen LogP contribution in [0.4, 0.5) is 0 Å². The highest BCUT2D eigenvalue weighted by Crippen LogP contribution is 2.43. The van der Waals surface area contributed by atoms with Crippen molar-refractivity contribution < 1.29 is 9.90 Å². The number of hydrogen-bond donors (Lipinski definition) is 2. The molecule has 0 aromatic heterocycles. The summed E-state index contributed by atoms with van der Waals surface area (Å²) in [7, 11) is 0. The number of carbonyl (C=O) groups is 1. The Hall–Kier alpha value is -1.35. The van der Waals surface area contributed by atoms with E-state index in [9.17, 15) is 4.79 Å². The van der Waals surface area contributed by atoms with Gasteiger partial charge in [-0.2, -0.15) is 0 Å². The van der Waals surface area contributed by atoms with E-state index < -0.39 is 5.97 Å². The summed E-state index contributed by atoms with van der Waals surface area (Å²) in [6, 6.07) is 9.85. The molecule has 1 aliphatic rings. The molecule has 0 heterocycles. The molecule has 1 saturated carbocycles.